The Morgan fingerprint density at radius 1 is 1.12 bits per heavy atom. The molecule has 24 heavy (non-hydrogen) atoms. The summed E-state index contributed by atoms with van der Waals surface area (Å²) in [6.07, 6.45) is 1.95. The summed E-state index contributed by atoms with van der Waals surface area (Å²) in [7, 11) is 0. The van der Waals surface area contributed by atoms with E-state index in [1.165, 1.54) is 0 Å². The van der Waals surface area contributed by atoms with Gasteiger partial charge in [-0.3, -0.25) is 4.40 Å². The molecule has 3 rings (SSSR count). The van der Waals surface area contributed by atoms with Crippen molar-refractivity contribution in [3.8, 4) is 6.07 Å². The Bertz CT molecular complexity index is 968. The number of rotatable bonds is 2. The summed E-state index contributed by atoms with van der Waals surface area (Å²) in [4.78, 5) is 4.79. The molecule has 0 saturated carbocycles. The van der Waals surface area contributed by atoms with Gasteiger partial charge in [-0.25, -0.2) is 4.98 Å². The molecule has 0 radical (unpaired) electrons. The van der Waals surface area contributed by atoms with Crippen LogP contribution < -0.4 is 0 Å². The lowest BCUT2D eigenvalue weighted by atomic mass is 9.92. The normalized spacial score (nSPS) is 12.0. The molecule has 0 atom stereocenters. The number of nitriles is 1. The summed E-state index contributed by atoms with van der Waals surface area (Å²) in [6, 6.07) is 13.2. The van der Waals surface area contributed by atoms with Crippen LogP contribution >= 0.6 is 0 Å². The van der Waals surface area contributed by atoms with Gasteiger partial charge in [0.1, 0.15) is 5.65 Å². The highest BCUT2D eigenvalue weighted by atomic mass is 15.2. The predicted octanol–water partition coefficient (Wildman–Crippen LogP) is 5.23. The van der Waals surface area contributed by atoms with Gasteiger partial charge in [0, 0.05) is 11.6 Å². The summed E-state index contributed by atoms with van der Waals surface area (Å²) in [5.41, 5.74) is 3.95. The van der Waals surface area contributed by atoms with Crippen LogP contribution in [-0.2, 0) is 5.41 Å². The van der Waals surface area contributed by atoms with Gasteiger partial charge in [0.2, 0.25) is 0 Å². The van der Waals surface area contributed by atoms with Crippen LogP contribution in [0.5, 0.6) is 0 Å². The Morgan fingerprint density at radius 2 is 1.92 bits per heavy atom. The summed E-state index contributed by atoms with van der Waals surface area (Å²) in [6.45, 7) is 8.37. The topological polar surface area (TPSA) is 65.8 Å². The molecule has 0 spiro atoms. The summed E-state index contributed by atoms with van der Waals surface area (Å²) in [5, 5.41) is 17.8. The Labute approximate surface area is 141 Å². The van der Waals surface area contributed by atoms with Crippen molar-refractivity contribution in [2.24, 2.45) is 10.2 Å². The van der Waals surface area contributed by atoms with E-state index in [4.69, 9.17) is 10.2 Å². The molecule has 120 valence electrons. The van der Waals surface area contributed by atoms with E-state index in [1.807, 2.05) is 35.7 Å². The lowest BCUT2D eigenvalue weighted by Crippen LogP contribution is -2.11. The smallest absolute Gasteiger partial charge is 0.183 e. The van der Waals surface area contributed by atoms with E-state index in [9.17, 15) is 0 Å². The lowest BCUT2D eigenvalue weighted by molar-refractivity contribution is 0.573. The number of nitrogens with zero attached hydrogens (tertiary/aromatic N) is 5. The predicted molar refractivity (Wildman–Crippen MR) is 94.0 cm³/mol. The standard InChI is InChI=1S/C19H19N5/c1-13-7-6-10-24-17(13)21-16(19(2,3)4)18(24)23-22-15-9-5-8-14(11-15)12-20/h5-11H,1-4H3. The first-order chi connectivity index (χ1) is 11.4. The minimum atomic E-state index is -0.151. The van der Waals surface area contributed by atoms with Gasteiger partial charge < -0.3 is 0 Å². The summed E-state index contributed by atoms with van der Waals surface area (Å²) >= 11 is 0. The van der Waals surface area contributed by atoms with E-state index >= 15 is 0 Å². The molecule has 0 aliphatic heterocycles. The zero-order valence-corrected chi connectivity index (χ0v) is 14.3. The number of fused-ring (bicyclic) bond motifs is 1. The third-order valence-electron chi connectivity index (χ3n) is 3.77. The zero-order chi connectivity index (χ0) is 17.3. The van der Waals surface area contributed by atoms with Crippen molar-refractivity contribution >= 4 is 17.2 Å². The molecule has 0 aliphatic carbocycles. The second-order valence-electron chi connectivity index (χ2n) is 6.78. The molecule has 0 N–H and O–H groups in total. The molecular weight excluding hydrogens is 298 g/mol. The zero-order valence-electron chi connectivity index (χ0n) is 14.3. The fraction of sp³-hybridized carbons (Fsp3) is 0.263. The highest BCUT2D eigenvalue weighted by molar-refractivity contribution is 5.58. The van der Waals surface area contributed by atoms with Crippen LogP contribution in [0.1, 0.15) is 37.6 Å². The quantitative estimate of drug-likeness (QED) is 0.607. The molecule has 5 nitrogen and oxygen atoms in total. The third kappa shape index (κ3) is 2.91. The number of azo groups is 1. The van der Waals surface area contributed by atoms with Crippen molar-refractivity contribution in [2.45, 2.75) is 33.1 Å². The number of aromatic nitrogens is 2. The Morgan fingerprint density at radius 3 is 2.62 bits per heavy atom. The molecule has 0 amide bonds. The molecule has 0 fully saturated rings. The van der Waals surface area contributed by atoms with Crippen LogP contribution in [0.4, 0.5) is 11.5 Å². The molecule has 2 heterocycles. The van der Waals surface area contributed by atoms with Crippen LogP contribution in [0.3, 0.4) is 0 Å². The van der Waals surface area contributed by atoms with Crippen LogP contribution in [0.15, 0.2) is 52.8 Å². The molecule has 0 saturated heterocycles. The number of benzene rings is 1. The minimum Gasteiger partial charge on any atom is -0.283 e. The van der Waals surface area contributed by atoms with Crippen LogP contribution in [0, 0.1) is 18.3 Å². The van der Waals surface area contributed by atoms with E-state index < -0.39 is 0 Å². The Balaban J connectivity index is 2.16. The van der Waals surface area contributed by atoms with Gasteiger partial charge in [0.05, 0.1) is 23.0 Å². The molecule has 0 unspecified atom stereocenters. The monoisotopic (exact) mass is 317 g/mol. The molecular formula is C19H19N5. The SMILES string of the molecule is Cc1cccn2c(N=Nc3cccc(C#N)c3)c(C(C)(C)C)nc12. The number of imidazole rings is 1. The molecule has 5 heteroatoms. The number of hydrogen-bond donors (Lipinski definition) is 0. The second kappa shape index (κ2) is 5.89. The van der Waals surface area contributed by atoms with Gasteiger partial charge in [-0.2, -0.15) is 5.26 Å². The van der Waals surface area contributed by atoms with Crippen LogP contribution in [0.2, 0.25) is 0 Å². The average Bonchev–Trinajstić information content (AvgIpc) is 2.93. The molecule has 0 bridgehead atoms. The fourth-order valence-electron chi connectivity index (χ4n) is 2.53. The number of pyridine rings is 1. The van der Waals surface area contributed by atoms with Crippen LogP contribution in [-0.4, -0.2) is 9.38 Å². The minimum absolute atomic E-state index is 0.151. The van der Waals surface area contributed by atoms with Crippen molar-refractivity contribution < 1.29 is 0 Å². The van der Waals surface area contributed by atoms with Gasteiger partial charge >= 0.3 is 0 Å². The van der Waals surface area contributed by atoms with Gasteiger partial charge in [0.25, 0.3) is 0 Å². The van der Waals surface area contributed by atoms with Crippen molar-refractivity contribution in [1.82, 2.24) is 9.38 Å². The maximum absolute atomic E-state index is 9.00. The first-order valence-corrected chi connectivity index (χ1v) is 7.80. The van der Waals surface area contributed by atoms with Crippen molar-refractivity contribution in [3.63, 3.8) is 0 Å². The lowest BCUT2D eigenvalue weighted by Gasteiger charge is -2.15. The molecule has 1 aromatic carbocycles. The summed E-state index contributed by atoms with van der Waals surface area (Å²) < 4.78 is 1.97. The van der Waals surface area contributed by atoms with E-state index in [1.54, 1.807) is 18.2 Å². The van der Waals surface area contributed by atoms with E-state index in [-0.39, 0.29) is 5.41 Å². The maximum atomic E-state index is 9.00. The van der Waals surface area contributed by atoms with Crippen molar-refractivity contribution in [2.75, 3.05) is 0 Å². The highest BCUT2D eigenvalue weighted by Crippen LogP contribution is 2.33. The number of hydrogen-bond acceptors (Lipinski definition) is 4. The third-order valence-corrected chi connectivity index (χ3v) is 3.77. The highest BCUT2D eigenvalue weighted by Gasteiger charge is 2.24. The van der Waals surface area contributed by atoms with Crippen molar-refractivity contribution in [3.05, 3.63) is 59.4 Å². The summed E-state index contributed by atoms with van der Waals surface area (Å²) in [5.74, 6) is 0.726. The van der Waals surface area contributed by atoms with E-state index in [2.05, 4.69) is 37.1 Å². The molecule has 3 aromatic rings. The first kappa shape index (κ1) is 15.9. The Hall–Kier alpha value is -3.00. The largest absolute Gasteiger partial charge is 0.283 e. The average molecular weight is 317 g/mol. The first-order valence-electron chi connectivity index (χ1n) is 7.80. The Kier molecular flexibility index (Phi) is 3.90. The van der Waals surface area contributed by atoms with E-state index in [0.717, 1.165) is 22.7 Å². The van der Waals surface area contributed by atoms with Gasteiger partial charge in [-0.1, -0.05) is 32.9 Å². The second-order valence-corrected chi connectivity index (χ2v) is 6.78. The fourth-order valence-corrected chi connectivity index (χ4v) is 2.53. The molecule has 2 aromatic heterocycles. The van der Waals surface area contributed by atoms with Gasteiger partial charge in [-0.15, -0.1) is 10.2 Å². The molecule has 0 aliphatic rings. The van der Waals surface area contributed by atoms with Crippen molar-refractivity contribution in [1.29, 1.82) is 5.26 Å². The van der Waals surface area contributed by atoms with Gasteiger partial charge in [-0.05, 0) is 36.8 Å². The number of aryl methyl sites for hydroxylation is 1. The maximum Gasteiger partial charge on any atom is 0.183 e. The van der Waals surface area contributed by atoms with Crippen LogP contribution in [0.25, 0.3) is 5.65 Å². The van der Waals surface area contributed by atoms with Gasteiger partial charge in [0.15, 0.2) is 5.82 Å². The van der Waals surface area contributed by atoms with E-state index in [0.29, 0.717) is 11.3 Å².